The highest BCUT2D eigenvalue weighted by Gasteiger charge is 2.60. The second-order valence-electron chi connectivity index (χ2n) is 8.31. The Balaban J connectivity index is 3.39. The molecule has 1 saturated heterocycles. The SMILES string of the molecule is CCC[Si]1(C)O[Si](C)(CCC)O[Si](C)(ON(CC)CC)O[Si](C)(ON(CC)CC)O1. The first kappa shape index (κ1) is 28.6. The standard InChI is InChI=1S/C18H46N2O6Si4/c1-11-17-27(7)23-28(8,18-12-2)25-30(10,22-20(15-5)16-6)26-29(9,24-27)21-19(13-3)14-4/h11-18H2,1-10H3. The average molecular weight is 499 g/mol. The van der Waals surface area contributed by atoms with Gasteiger partial charge in [0.2, 0.25) is 0 Å². The molecule has 0 saturated carbocycles. The van der Waals surface area contributed by atoms with E-state index >= 15 is 0 Å². The van der Waals surface area contributed by atoms with Gasteiger partial charge in [-0.3, -0.25) is 9.05 Å². The van der Waals surface area contributed by atoms with Gasteiger partial charge in [0.25, 0.3) is 0 Å². The maximum atomic E-state index is 6.86. The Kier molecular flexibility index (Phi) is 11.6. The second kappa shape index (κ2) is 12.1. The molecule has 180 valence electrons. The van der Waals surface area contributed by atoms with Crippen molar-refractivity contribution in [1.82, 2.24) is 10.1 Å². The number of rotatable bonds is 12. The molecule has 1 aliphatic rings. The van der Waals surface area contributed by atoms with Crippen LogP contribution in [0.25, 0.3) is 0 Å². The number of hydrogen-bond donors (Lipinski definition) is 0. The molecule has 0 aromatic heterocycles. The predicted octanol–water partition coefficient (Wildman–Crippen LogP) is 4.71. The highest BCUT2D eigenvalue weighted by molar-refractivity contribution is 6.91. The summed E-state index contributed by atoms with van der Waals surface area (Å²) in [6.07, 6.45) is 1.97. The van der Waals surface area contributed by atoms with Crippen molar-refractivity contribution in [2.45, 2.75) is 92.7 Å². The highest BCUT2D eigenvalue weighted by atomic mass is 28.5. The molecule has 1 heterocycles. The van der Waals surface area contributed by atoms with Crippen LogP contribution in [-0.4, -0.2) is 71.0 Å². The van der Waals surface area contributed by atoms with Crippen molar-refractivity contribution >= 4 is 34.7 Å². The first-order valence-electron chi connectivity index (χ1n) is 11.6. The summed E-state index contributed by atoms with van der Waals surface area (Å²) in [7, 11) is -11.4. The van der Waals surface area contributed by atoms with E-state index in [2.05, 4.69) is 54.6 Å². The second-order valence-corrected chi connectivity index (χ2v) is 20.9. The topological polar surface area (TPSA) is 61.9 Å². The highest BCUT2D eigenvalue weighted by Crippen LogP contribution is 2.36. The Morgan fingerprint density at radius 3 is 1.13 bits per heavy atom. The van der Waals surface area contributed by atoms with Gasteiger partial charge >= 0.3 is 34.7 Å². The Labute approximate surface area is 189 Å². The lowest BCUT2D eigenvalue weighted by atomic mass is 10.6. The molecule has 0 radical (unpaired) electrons. The Hall–Kier alpha value is 0.548. The molecule has 0 N–H and O–H groups in total. The van der Waals surface area contributed by atoms with Crippen molar-refractivity contribution in [3.8, 4) is 0 Å². The van der Waals surface area contributed by atoms with Crippen LogP contribution in [0.4, 0.5) is 0 Å². The fourth-order valence-corrected chi connectivity index (χ4v) is 24.3. The van der Waals surface area contributed by atoms with Gasteiger partial charge in [0.15, 0.2) is 0 Å². The third-order valence-corrected chi connectivity index (χ3v) is 21.9. The average Bonchev–Trinajstić information content (AvgIpc) is 2.62. The number of nitrogens with zero attached hydrogens (tertiary/aromatic N) is 2. The summed E-state index contributed by atoms with van der Waals surface area (Å²) in [5.74, 6) is 0. The van der Waals surface area contributed by atoms with Gasteiger partial charge in [-0.2, -0.15) is 10.1 Å². The van der Waals surface area contributed by atoms with Crippen LogP contribution in [0.5, 0.6) is 0 Å². The van der Waals surface area contributed by atoms with E-state index in [0.29, 0.717) is 0 Å². The summed E-state index contributed by atoms with van der Waals surface area (Å²) in [5, 5.41) is 3.78. The van der Waals surface area contributed by atoms with Crippen LogP contribution < -0.4 is 0 Å². The maximum absolute atomic E-state index is 6.86. The minimum absolute atomic E-state index is 0.747. The van der Waals surface area contributed by atoms with Crippen molar-refractivity contribution < 1.29 is 25.5 Å². The summed E-state index contributed by atoms with van der Waals surface area (Å²) < 4.78 is 39.9. The smallest absolute Gasteiger partial charge is 0.416 e. The fourth-order valence-electron chi connectivity index (χ4n) is 4.02. The monoisotopic (exact) mass is 498 g/mol. The van der Waals surface area contributed by atoms with E-state index in [4.69, 9.17) is 25.5 Å². The maximum Gasteiger partial charge on any atom is 0.498 e. The van der Waals surface area contributed by atoms with E-state index in [0.717, 1.165) is 51.1 Å². The van der Waals surface area contributed by atoms with Crippen LogP contribution in [0.15, 0.2) is 0 Å². The van der Waals surface area contributed by atoms with E-state index in [9.17, 15) is 0 Å². The van der Waals surface area contributed by atoms with Crippen molar-refractivity contribution in [2.24, 2.45) is 0 Å². The van der Waals surface area contributed by atoms with Crippen molar-refractivity contribution in [3.05, 3.63) is 0 Å². The molecule has 4 atom stereocenters. The van der Waals surface area contributed by atoms with Crippen LogP contribution in [0.2, 0.25) is 38.3 Å². The molecule has 12 heteroatoms. The summed E-state index contributed by atoms with van der Waals surface area (Å²) in [6, 6.07) is 1.76. The molecule has 0 aliphatic carbocycles. The van der Waals surface area contributed by atoms with Crippen molar-refractivity contribution in [3.63, 3.8) is 0 Å². The van der Waals surface area contributed by atoms with Gasteiger partial charge in [0.05, 0.1) is 0 Å². The Bertz CT molecular complexity index is 477. The van der Waals surface area contributed by atoms with Crippen molar-refractivity contribution in [1.29, 1.82) is 0 Å². The van der Waals surface area contributed by atoms with Crippen LogP contribution in [0.3, 0.4) is 0 Å². The van der Waals surface area contributed by atoms with Crippen LogP contribution in [0, 0.1) is 0 Å². The third kappa shape index (κ3) is 8.48. The Morgan fingerprint density at radius 2 is 0.867 bits per heavy atom. The molecule has 0 spiro atoms. The first-order valence-corrected chi connectivity index (χ1v) is 21.1. The summed E-state index contributed by atoms with van der Waals surface area (Å²) in [6.45, 7) is 23.8. The molecule has 0 aromatic carbocycles. The van der Waals surface area contributed by atoms with E-state index < -0.39 is 34.7 Å². The summed E-state index contributed by atoms with van der Waals surface area (Å²) in [4.78, 5) is 0. The zero-order valence-corrected chi connectivity index (χ0v) is 25.0. The zero-order valence-electron chi connectivity index (χ0n) is 21.0. The minimum Gasteiger partial charge on any atom is -0.416 e. The molecule has 0 bridgehead atoms. The molecule has 0 amide bonds. The van der Waals surface area contributed by atoms with E-state index in [1.54, 1.807) is 0 Å². The molecular weight excluding hydrogens is 453 g/mol. The van der Waals surface area contributed by atoms with Crippen molar-refractivity contribution in [2.75, 3.05) is 26.2 Å². The molecule has 8 nitrogen and oxygen atoms in total. The molecule has 1 rings (SSSR count). The lowest BCUT2D eigenvalue weighted by molar-refractivity contribution is -0.127. The molecule has 0 aromatic rings. The Morgan fingerprint density at radius 1 is 0.533 bits per heavy atom. The lowest BCUT2D eigenvalue weighted by Gasteiger charge is -2.49. The first-order chi connectivity index (χ1) is 13.9. The van der Waals surface area contributed by atoms with Gasteiger partial charge < -0.3 is 16.5 Å². The van der Waals surface area contributed by atoms with Gasteiger partial charge in [0.1, 0.15) is 0 Å². The molecule has 30 heavy (non-hydrogen) atoms. The molecule has 1 fully saturated rings. The largest absolute Gasteiger partial charge is 0.498 e. The third-order valence-electron chi connectivity index (χ3n) is 5.01. The summed E-state index contributed by atoms with van der Waals surface area (Å²) in [5.41, 5.74) is 0. The van der Waals surface area contributed by atoms with E-state index in [1.807, 2.05) is 23.2 Å². The van der Waals surface area contributed by atoms with Crippen LogP contribution in [0.1, 0.15) is 54.4 Å². The van der Waals surface area contributed by atoms with Gasteiger partial charge in [-0.25, -0.2) is 0 Å². The molecular formula is C18H46N2O6Si4. The van der Waals surface area contributed by atoms with E-state index in [1.165, 1.54) is 0 Å². The van der Waals surface area contributed by atoms with Gasteiger partial charge in [-0.15, -0.1) is 0 Å². The van der Waals surface area contributed by atoms with Gasteiger partial charge in [0, 0.05) is 39.3 Å². The quantitative estimate of drug-likeness (QED) is 0.283. The number of hydroxylamine groups is 4. The molecule has 4 unspecified atom stereocenters. The van der Waals surface area contributed by atoms with Crippen LogP contribution in [-0.2, 0) is 25.5 Å². The predicted molar refractivity (Wildman–Crippen MR) is 129 cm³/mol. The minimum atomic E-state index is -3.14. The molecule has 1 aliphatic heterocycles. The van der Waals surface area contributed by atoms with Gasteiger partial charge in [-0.05, 0) is 25.2 Å². The van der Waals surface area contributed by atoms with Gasteiger partial charge in [-0.1, -0.05) is 54.4 Å². The summed E-state index contributed by atoms with van der Waals surface area (Å²) >= 11 is 0. The lowest BCUT2D eigenvalue weighted by Crippen LogP contribution is -2.70. The van der Waals surface area contributed by atoms with Crippen LogP contribution >= 0.6 is 0 Å². The number of hydrogen-bond acceptors (Lipinski definition) is 8. The normalized spacial score (nSPS) is 35.6. The fraction of sp³-hybridized carbons (Fsp3) is 1.00. The van der Waals surface area contributed by atoms with E-state index in [-0.39, 0.29) is 0 Å². The zero-order chi connectivity index (χ0) is 23.1.